The minimum atomic E-state index is -0.0857. The molecular weight excluding hydrogens is 288 g/mol. The van der Waals surface area contributed by atoms with Crippen LogP contribution in [-0.4, -0.2) is 47.3 Å². The molecule has 0 unspecified atom stereocenters. The number of hydrogen-bond donors (Lipinski definition) is 0. The van der Waals surface area contributed by atoms with Crippen molar-refractivity contribution in [2.24, 2.45) is 17.8 Å². The maximum absolute atomic E-state index is 12.8. The van der Waals surface area contributed by atoms with Gasteiger partial charge in [0.25, 0.3) is 0 Å². The highest BCUT2D eigenvalue weighted by Crippen LogP contribution is 2.32. The molecule has 2 amide bonds. The van der Waals surface area contributed by atoms with Crippen molar-refractivity contribution in [3.63, 3.8) is 0 Å². The van der Waals surface area contributed by atoms with E-state index >= 15 is 0 Å². The Balaban J connectivity index is 1.57. The van der Waals surface area contributed by atoms with Crippen LogP contribution in [0.4, 0.5) is 0 Å². The van der Waals surface area contributed by atoms with E-state index in [1.54, 1.807) is 0 Å². The molecule has 0 N–H and O–H groups in total. The highest BCUT2D eigenvalue weighted by molar-refractivity contribution is 5.89. The Morgan fingerprint density at radius 3 is 2.57 bits per heavy atom. The Kier molecular flexibility index (Phi) is 5.27. The van der Waals surface area contributed by atoms with Crippen LogP contribution in [0.25, 0.3) is 0 Å². The quantitative estimate of drug-likeness (QED) is 0.802. The molecule has 2 aliphatic heterocycles. The summed E-state index contributed by atoms with van der Waals surface area (Å²) >= 11 is 0. The van der Waals surface area contributed by atoms with Crippen LogP contribution in [0.2, 0.25) is 0 Å². The summed E-state index contributed by atoms with van der Waals surface area (Å²) in [4.78, 5) is 29.3. The lowest BCUT2D eigenvalue weighted by Gasteiger charge is -2.35. The molecule has 0 spiro atoms. The third-order valence-electron chi connectivity index (χ3n) is 6.34. The Hall–Kier alpha value is -1.06. The fourth-order valence-electron chi connectivity index (χ4n) is 4.66. The fraction of sp³-hybridized carbons (Fsp3) is 0.895. The van der Waals surface area contributed by atoms with Crippen LogP contribution in [0.5, 0.6) is 0 Å². The van der Waals surface area contributed by atoms with Gasteiger partial charge in [0.15, 0.2) is 0 Å². The van der Waals surface area contributed by atoms with Gasteiger partial charge in [0.2, 0.25) is 11.8 Å². The van der Waals surface area contributed by atoms with Crippen molar-refractivity contribution < 1.29 is 9.59 Å². The second kappa shape index (κ2) is 7.23. The van der Waals surface area contributed by atoms with E-state index in [9.17, 15) is 9.59 Å². The van der Waals surface area contributed by atoms with Gasteiger partial charge in [-0.25, -0.2) is 0 Å². The molecule has 0 aromatic heterocycles. The third-order valence-corrected chi connectivity index (χ3v) is 6.34. The summed E-state index contributed by atoms with van der Waals surface area (Å²) < 4.78 is 0. The monoisotopic (exact) mass is 320 g/mol. The van der Waals surface area contributed by atoms with Crippen LogP contribution in [0, 0.1) is 17.8 Å². The molecule has 0 bridgehead atoms. The smallest absolute Gasteiger partial charge is 0.228 e. The number of piperidine rings is 1. The molecule has 2 atom stereocenters. The van der Waals surface area contributed by atoms with Crippen LogP contribution < -0.4 is 0 Å². The molecule has 4 heteroatoms. The Morgan fingerprint density at radius 1 is 1.13 bits per heavy atom. The molecule has 3 fully saturated rings. The highest BCUT2D eigenvalue weighted by atomic mass is 16.2. The van der Waals surface area contributed by atoms with Crippen LogP contribution in [0.1, 0.15) is 65.2 Å². The minimum Gasteiger partial charge on any atom is -0.342 e. The lowest BCUT2D eigenvalue weighted by molar-refractivity contribution is -0.137. The Morgan fingerprint density at radius 2 is 1.87 bits per heavy atom. The van der Waals surface area contributed by atoms with Gasteiger partial charge >= 0.3 is 0 Å². The first kappa shape index (κ1) is 16.8. The minimum absolute atomic E-state index is 0.0857. The summed E-state index contributed by atoms with van der Waals surface area (Å²) in [5.41, 5.74) is 0. The van der Waals surface area contributed by atoms with Crippen LogP contribution >= 0.6 is 0 Å². The van der Waals surface area contributed by atoms with Crippen LogP contribution in [0.15, 0.2) is 0 Å². The van der Waals surface area contributed by atoms with E-state index in [0.717, 1.165) is 44.7 Å². The number of carbonyl (C=O) groups is 2. The lowest BCUT2D eigenvalue weighted by atomic mass is 9.86. The normalized spacial score (nSPS) is 35.7. The third kappa shape index (κ3) is 3.72. The van der Waals surface area contributed by atoms with E-state index in [1.165, 1.54) is 19.3 Å². The zero-order valence-electron chi connectivity index (χ0n) is 14.8. The lowest BCUT2D eigenvalue weighted by Crippen LogP contribution is -2.44. The molecule has 3 aliphatic rings. The van der Waals surface area contributed by atoms with Gasteiger partial charge in [-0.2, -0.15) is 0 Å². The van der Waals surface area contributed by atoms with Crippen molar-refractivity contribution in [2.45, 2.75) is 71.3 Å². The van der Waals surface area contributed by atoms with E-state index in [4.69, 9.17) is 0 Å². The van der Waals surface area contributed by atoms with Crippen molar-refractivity contribution in [3.05, 3.63) is 0 Å². The zero-order valence-corrected chi connectivity index (χ0v) is 14.8. The molecule has 23 heavy (non-hydrogen) atoms. The number of rotatable bonds is 3. The van der Waals surface area contributed by atoms with Gasteiger partial charge in [-0.15, -0.1) is 0 Å². The summed E-state index contributed by atoms with van der Waals surface area (Å²) in [6.45, 7) is 6.98. The van der Waals surface area contributed by atoms with Gasteiger partial charge in [0, 0.05) is 32.1 Å². The van der Waals surface area contributed by atoms with E-state index in [0.29, 0.717) is 24.9 Å². The SMILES string of the molecule is CC[C@@H]1CCCN(C(=O)[C@H]2CC(=O)N(C3CCC(C)CC3)C2)C1. The average molecular weight is 320 g/mol. The standard InChI is InChI=1S/C19H32N2O2/c1-3-15-5-4-10-20(12-15)19(23)16-11-18(22)21(13-16)17-8-6-14(2)7-9-17/h14-17H,3-13H2,1-2H3/t14?,15-,16+,17?/m1/s1. The van der Waals surface area contributed by atoms with Crippen LogP contribution in [0.3, 0.4) is 0 Å². The summed E-state index contributed by atoms with van der Waals surface area (Å²) in [7, 11) is 0. The topological polar surface area (TPSA) is 40.6 Å². The van der Waals surface area contributed by atoms with E-state index in [2.05, 4.69) is 13.8 Å². The first-order valence-electron chi connectivity index (χ1n) is 9.66. The second-order valence-corrected chi connectivity index (χ2v) is 8.06. The number of carbonyl (C=O) groups excluding carboxylic acids is 2. The molecule has 0 aromatic carbocycles. The van der Waals surface area contributed by atoms with E-state index < -0.39 is 0 Å². The summed E-state index contributed by atoms with van der Waals surface area (Å²) in [6.07, 6.45) is 8.64. The molecule has 4 nitrogen and oxygen atoms in total. The van der Waals surface area contributed by atoms with Gasteiger partial charge in [-0.05, 0) is 50.4 Å². The molecular formula is C19H32N2O2. The average Bonchev–Trinajstić information content (AvgIpc) is 2.97. The molecule has 3 rings (SSSR count). The predicted molar refractivity (Wildman–Crippen MR) is 90.8 cm³/mol. The molecule has 0 aromatic rings. The van der Waals surface area contributed by atoms with Gasteiger partial charge in [-0.1, -0.05) is 20.3 Å². The van der Waals surface area contributed by atoms with E-state index in [-0.39, 0.29) is 17.7 Å². The fourth-order valence-corrected chi connectivity index (χ4v) is 4.66. The molecule has 0 radical (unpaired) electrons. The Bertz CT molecular complexity index is 443. The second-order valence-electron chi connectivity index (χ2n) is 8.06. The van der Waals surface area contributed by atoms with E-state index in [1.807, 2.05) is 9.80 Å². The van der Waals surface area contributed by atoms with Gasteiger partial charge < -0.3 is 9.80 Å². The largest absolute Gasteiger partial charge is 0.342 e. The van der Waals surface area contributed by atoms with Gasteiger partial charge in [0.05, 0.1) is 5.92 Å². The summed E-state index contributed by atoms with van der Waals surface area (Å²) in [5.74, 6) is 1.81. The van der Waals surface area contributed by atoms with Crippen molar-refractivity contribution >= 4 is 11.8 Å². The predicted octanol–water partition coefficient (Wildman–Crippen LogP) is 3.06. The molecule has 130 valence electrons. The number of hydrogen-bond acceptors (Lipinski definition) is 2. The van der Waals surface area contributed by atoms with Crippen molar-refractivity contribution in [1.29, 1.82) is 0 Å². The number of likely N-dealkylation sites (tertiary alicyclic amines) is 2. The molecule has 2 heterocycles. The maximum atomic E-state index is 12.8. The first-order valence-corrected chi connectivity index (χ1v) is 9.66. The first-order chi connectivity index (χ1) is 11.1. The van der Waals surface area contributed by atoms with Crippen LogP contribution in [-0.2, 0) is 9.59 Å². The number of nitrogens with zero attached hydrogens (tertiary/aromatic N) is 2. The molecule has 1 aliphatic carbocycles. The Labute approximate surface area is 140 Å². The highest BCUT2D eigenvalue weighted by Gasteiger charge is 2.40. The van der Waals surface area contributed by atoms with Crippen molar-refractivity contribution in [2.75, 3.05) is 19.6 Å². The number of amides is 2. The summed E-state index contributed by atoms with van der Waals surface area (Å²) in [5, 5.41) is 0. The summed E-state index contributed by atoms with van der Waals surface area (Å²) in [6, 6.07) is 0.390. The zero-order chi connectivity index (χ0) is 16.4. The maximum Gasteiger partial charge on any atom is 0.228 e. The van der Waals surface area contributed by atoms with Gasteiger partial charge in [-0.3, -0.25) is 9.59 Å². The molecule has 1 saturated carbocycles. The van der Waals surface area contributed by atoms with Crippen molar-refractivity contribution in [3.8, 4) is 0 Å². The van der Waals surface area contributed by atoms with Gasteiger partial charge in [0.1, 0.15) is 0 Å². The van der Waals surface area contributed by atoms with Crippen molar-refractivity contribution in [1.82, 2.24) is 9.80 Å². The molecule has 2 saturated heterocycles.